The van der Waals surface area contributed by atoms with E-state index in [1.54, 1.807) is 20.8 Å². The van der Waals surface area contributed by atoms with Crippen LogP contribution in [0.5, 0.6) is 0 Å². The molecule has 10 nitrogen and oxygen atoms in total. The van der Waals surface area contributed by atoms with Gasteiger partial charge < -0.3 is 24.4 Å². The van der Waals surface area contributed by atoms with Crippen LogP contribution < -0.4 is 0 Å². The number of carbonyl (C=O) groups is 3. The number of carbonyl (C=O) groups excluding carboxylic acids is 4. The number of ether oxygens (including phenoxy) is 3. The van der Waals surface area contributed by atoms with Crippen molar-refractivity contribution in [2.75, 3.05) is 39.6 Å². The Morgan fingerprint density at radius 2 is 1.07 bits per heavy atom. The van der Waals surface area contributed by atoms with Gasteiger partial charge in [-0.1, -0.05) is 19.7 Å². The molecule has 0 heterocycles. The molecule has 0 aliphatic heterocycles. The lowest BCUT2D eigenvalue weighted by atomic mass is 10.4. The van der Waals surface area contributed by atoms with Gasteiger partial charge >= 0.3 is 17.9 Å². The minimum atomic E-state index is -0.467. The summed E-state index contributed by atoms with van der Waals surface area (Å²) < 4.78 is 13.5. The van der Waals surface area contributed by atoms with Crippen molar-refractivity contribution in [3.8, 4) is 0 Å². The summed E-state index contributed by atoms with van der Waals surface area (Å²) in [5.74, 6) is -1.38. The Bertz CT molecular complexity index is 575. The first-order chi connectivity index (χ1) is 13.5. The number of hydrogen-bond donors (Lipinski definition) is 2. The highest BCUT2D eigenvalue weighted by Crippen LogP contribution is 1.91. The average molecular weight is 415 g/mol. The summed E-state index contributed by atoms with van der Waals surface area (Å²) in [4.78, 5) is 44.3. The molecule has 10 heteroatoms. The van der Waals surface area contributed by atoms with E-state index in [2.05, 4.69) is 38.9 Å². The third-order valence-corrected chi connectivity index (χ3v) is 2.20. The van der Waals surface area contributed by atoms with E-state index in [0.29, 0.717) is 16.7 Å². The largest absolute Gasteiger partial charge is 0.460 e. The average Bonchev–Trinajstić information content (AvgIpc) is 2.67. The maximum Gasteiger partial charge on any atom is 0.333 e. The van der Waals surface area contributed by atoms with E-state index in [1.807, 2.05) is 0 Å². The van der Waals surface area contributed by atoms with Crippen LogP contribution in [0.2, 0.25) is 0 Å². The summed E-state index contributed by atoms with van der Waals surface area (Å²) >= 11 is 0. The summed E-state index contributed by atoms with van der Waals surface area (Å²) in [6, 6.07) is 0. The van der Waals surface area contributed by atoms with Gasteiger partial charge in [0.25, 0.3) is 0 Å². The van der Waals surface area contributed by atoms with Crippen LogP contribution in [0.1, 0.15) is 20.8 Å². The van der Waals surface area contributed by atoms with Crippen LogP contribution in [-0.4, -0.2) is 73.8 Å². The zero-order chi connectivity index (χ0) is 23.2. The van der Waals surface area contributed by atoms with Crippen LogP contribution in [0.25, 0.3) is 0 Å². The van der Waals surface area contributed by atoms with Gasteiger partial charge in [-0.25, -0.2) is 24.2 Å². The molecule has 0 rings (SSSR count). The van der Waals surface area contributed by atoms with Crippen LogP contribution in [0, 0.1) is 0 Å². The summed E-state index contributed by atoms with van der Waals surface area (Å²) in [7, 11) is 0. The number of aliphatic hydroxyl groups is 2. The molecule has 0 amide bonds. The molecule has 0 atom stereocenters. The number of aliphatic hydroxyl groups excluding tert-OH is 2. The van der Waals surface area contributed by atoms with E-state index in [1.165, 1.54) is 6.08 Å². The van der Waals surface area contributed by atoms with Gasteiger partial charge in [0.05, 0.1) is 19.8 Å². The van der Waals surface area contributed by atoms with Gasteiger partial charge in [0.1, 0.15) is 19.8 Å². The van der Waals surface area contributed by atoms with Gasteiger partial charge in [-0.05, 0) is 20.8 Å². The Morgan fingerprint density at radius 1 is 0.759 bits per heavy atom. The molecule has 0 unspecified atom stereocenters. The molecule has 0 radical (unpaired) electrons. The molecule has 0 saturated carbocycles. The Labute approximate surface area is 170 Å². The minimum absolute atomic E-state index is 0.0473. The highest BCUT2D eigenvalue weighted by molar-refractivity contribution is 5.87. The highest BCUT2D eigenvalue weighted by atomic mass is 16.5. The van der Waals surface area contributed by atoms with Gasteiger partial charge in [0, 0.05) is 16.7 Å². The van der Waals surface area contributed by atoms with Crippen molar-refractivity contribution >= 4 is 24.0 Å². The maximum absolute atomic E-state index is 10.6. The van der Waals surface area contributed by atoms with Gasteiger partial charge in [-0.3, -0.25) is 0 Å². The zero-order valence-corrected chi connectivity index (χ0v) is 17.1. The molecule has 0 fully saturated rings. The first kappa shape index (κ1) is 30.7. The molecule has 0 aliphatic rings. The van der Waals surface area contributed by atoms with Gasteiger partial charge in [-0.15, -0.1) is 0 Å². The van der Waals surface area contributed by atoms with Crippen LogP contribution in [0.15, 0.2) is 41.4 Å². The SMILES string of the molecule is C=C(C)C(=O)OCCN=C=O.C=C(C)C(=O)OCCO.C=C(C)C(=O)OCCO. The quantitative estimate of drug-likeness (QED) is 0.131. The van der Waals surface area contributed by atoms with E-state index in [9.17, 15) is 19.2 Å². The predicted molar refractivity (Wildman–Crippen MR) is 104 cm³/mol. The second-order valence-corrected chi connectivity index (χ2v) is 5.17. The molecule has 0 aromatic heterocycles. The summed E-state index contributed by atoms with van der Waals surface area (Å²) in [5.41, 5.74) is 1.03. The number of aliphatic imine (C=N–C) groups is 1. The van der Waals surface area contributed by atoms with Crippen molar-refractivity contribution in [1.82, 2.24) is 0 Å². The van der Waals surface area contributed by atoms with E-state index in [4.69, 9.17) is 10.2 Å². The van der Waals surface area contributed by atoms with Crippen molar-refractivity contribution < 1.29 is 43.6 Å². The fraction of sp³-hybridized carbons (Fsp3) is 0.474. The van der Waals surface area contributed by atoms with Crippen molar-refractivity contribution in [3.63, 3.8) is 0 Å². The summed E-state index contributed by atoms with van der Waals surface area (Å²) in [6.45, 7) is 14.8. The molecule has 0 aliphatic carbocycles. The molecule has 29 heavy (non-hydrogen) atoms. The smallest absolute Gasteiger partial charge is 0.333 e. The normalized spacial score (nSPS) is 8.45. The lowest BCUT2D eigenvalue weighted by molar-refractivity contribution is -0.140. The van der Waals surface area contributed by atoms with E-state index < -0.39 is 17.9 Å². The fourth-order valence-corrected chi connectivity index (χ4v) is 0.876. The molecular formula is C19H29NO9. The van der Waals surface area contributed by atoms with Crippen molar-refractivity contribution in [2.45, 2.75) is 20.8 Å². The third kappa shape index (κ3) is 24.9. The maximum atomic E-state index is 10.6. The highest BCUT2D eigenvalue weighted by Gasteiger charge is 2.01. The minimum Gasteiger partial charge on any atom is -0.460 e. The molecular weight excluding hydrogens is 386 g/mol. The second kappa shape index (κ2) is 21.2. The second-order valence-electron chi connectivity index (χ2n) is 5.17. The van der Waals surface area contributed by atoms with Crippen molar-refractivity contribution in [2.24, 2.45) is 4.99 Å². The molecule has 0 spiro atoms. The van der Waals surface area contributed by atoms with Crippen LogP contribution in [0.3, 0.4) is 0 Å². The van der Waals surface area contributed by atoms with E-state index in [0.717, 1.165) is 0 Å². The predicted octanol–water partition coefficient (Wildman–Crippen LogP) is 0.637. The van der Waals surface area contributed by atoms with Crippen LogP contribution in [-0.2, 0) is 33.4 Å². The topological polar surface area (TPSA) is 149 Å². The zero-order valence-electron chi connectivity index (χ0n) is 17.1. The lowest BCUT2D eigenvalue weighted by Crippen LogP contribution is -2.08. The third-order valence-electron chi connectivity index (χ3n) is 2.20. The first-order valence-corrected chi connectivity index (χ1v) is 8.28. The molecule has 164 valence electrons. The molecule has 0 saturated heterocycles. The number of hydrogen-bond acceptors (Lipinski definition) is 10. The number of nitrogens with zero attached hydrogens (tertiary/aromatic N) is 1. The first-order valence-electron chi connectivity index (χ1n) is 8.28. The Hall–Kier alpha value is -3.07. The monoisotopic (exact) mass is 415 g/mol. The molecule has 0 aromatic carbocycles. The standard InChI is InChI=1S/C7H9NO3.2C6H10O3/c1-6(2)7(10)11-4-3-8-5-9;2*1-5(2)6(8)9-4-3-7/h1,3-4H2,2H3;2*7H,1,3-4H2,2H3. The summed E-state index contributed by atoms with van der Waals surface area (Å²) in [5, 5.41) is 16.4. The van der Waals surface area contributed by atoms with Crippen molar-refractivity contribution in [1.29, 1.82) is 0 Å². The Kier molecular flexibility index (Phi) is 22.4. The number of rotatable bonds is 10. The molecule has 0 aromatic rings. The van der Waals surface area contributed by atoms with Crippen LogP contribution >= 0.6 is 0 Å². The Balaban J connectivity index is -0.000000352. The van der Waals surface area contributed by atoms with E-state index in [-0.39, 0.29) is 39.6 Å². The van der Waals surface area contributed by atoms with Gasteiger partial charge in [0.15, 0.2) is 0 Å². The van der Waals surface area contributed by atoms with Gasteiger partial charge in [-0.2, -0.15) is 0 Å². The van der Waals surface area contributed by atoms with E-state index >= 15 is 0 Å². The summed E-state index contributed by atoms with van der Waals surface area (Å²) in [6.07, 6.45) is 1.33. The number of isocyanates is 1. The Morgan fingerprint density at radius 3 is 1.31 bits per heavy atom. The molecule has 0 bridgehead atoms. The lowest BCUT2D eigenvalue weighted by Gasteiger charge is -1.99. The fourth-order valence-electron chi connectivity index (χ4n) is 0.876. The molecule has 2 N–H and O–H groups in total. The van der Waals surface area contributed by atoms with Crippen molar-refractivity contribution in [3.05, 3.63) is 36.5 Å². The van der Waals surface area contributed by atoms with Gasteiger partial charge in [0.2, 0.25) is 6.08 Å². The van der Waals surface area contributed by atoms with Crippen LogP contribution in [0.4, 0.5) is 0 Å². The number of esters is 3.